The Morgan fingerprint density at radius 1 is 1.27 bits per heavy atom. The Balaban J connectivity index is 1.33. The minimum absolute atomic E-state index is 0.334. The first kappa shape index (κ1) is 14.4. The molecule has 1 aliphatic heterocycles. The Hall–Kier alpha value is -1.17. The molecule has 0 amide bonds. The van der Waals surface area contributed by atoms with Gasteiger partial charge in [0.2, 0.25) is 0 Å². The molecule has 1 saturated heterocycles. The molecular weight excluding hydrogens is 296 g/mol. The highest BCUT2D eigenvalue weighted by atomic mass is 32.1. The zero-order valence-electron chi connectivity index (χ0n) is 13.0. The maximum atomic E-state index is 5.76. The maximum Gasteiger partial charge on any atom is 0.140 e. The number of aromatic nitrogens is 1. The number of thiophene rings is 1. The highest BCUT2D eigenvalue weighted by molar-refractivity contribution is 7.12. The molecule has 2 aromatic rings. The fraction of sp³-hybridized carbons (Fsp3) is 0.588. The zero-order valence-corrected chi connectivity index (χ0v) is 13.8. The van der Waals surface area contributed by atoms with Crippen LogP contribution in [0.3, 0.4) is 0 Å². The molecule has 1 aliphatic carbocycles. The minimum Gasteiger partial charge on any atom is -0.373 e. The molecule has 2 aliphatic rings. The summed E-state index contributed by atoms with van der Waals surface area (Å²) in [6.07, 6.45) is 5.20. The van der Waals surface area contributed by atoms with Crippen molar-refractivity contribution in [1.29, 1.82) is 0 Å². The second-order valence-corrected chi connectivity index (χ2v) is 7.67. The first-order chi connectivity index (χ1) is 10.8. The molecule has 1 saturated carbocycles. The molecule has 1 atom stereocenters. The van der Waals surface area contributed by atoms with Crippen LogP contribution < -0.4 is 0 Å². The van der Waals surface area contributed by atoms with Gasteiger partial charge in [-0.15, -0.1) is 11.3 Å². The quantitative estimate of drug-likeness (QED) is 0.804. The third-order valence-electron chi connectivity index (χ3n) is 4.34. The second-order valence-electron chi connectivity index (χ2n) is 6.47. The first-order valence-corrected chi connectivity index (χ1v) is 8.94. The Morgan fingerprint density at radius 2 is 2.18 bits per heavy atom. The van der Waals surface area contributed by atoms with E-state index in [0.29, 0.717) is 12.0 Å². The van der Waals surface area contributed by atoms with Crippen LogP contribution in [-0.4, -0.2) is 23.7 Å². The molecule has 22 heavy (non-hydrogen) atoms. The van der Waals surface area contributed by atoms with Crippen LogP contribution in [0.2, 0.25) is 0 Å². The fourth-order valence-electron chi connectivity index (χ4n) is 3.02. The van der Waals surface area contributed by atoms with Crippen LogP contribution in [-0.2, 0) is 17.8 Å². The van der Waals surface area contributed by atoms with E-state index in [1.165, 1.54) is 35.4 Å². The molecule has 0 aromatic carbocycles. The average molecular weight is 318 g/mol. The van der Waals surface area contributed by atoms with Crippen LogP contribution >= 0.6 is 11.3 Å². The van der Waals surface area contributed by atoms with Crippen LogP contribution in [0.1, 0.15) is 58.9 Å². The van der Waals surface area contributed by atoms with Gasteiger partial charge in [-0.05, 0) is 44.9 Å². The lowest BCUT2D eigenvalue weighted by molar-refractivity contribution is 0.114. The van der Waals surface area contributed by atoms with Crippen molar-refractivity contribution in [3.05, 3.63) is 39.4 Å². The van der Waals surface area contributed by atoms with E-state index in [0.717, 1.165) is 31.2 Å². The normalized spacial score (nSPS) is 21.8. The van der Waals surface area contributed by atoms with Gasteiger partial charge in [0.05, 0.1) is 11.8 Å². The number of rotatable bonds is 6. The molecule has 5 heteroatoms. The summed E-state index contributed by atoms with van der Waals surface area (Å²) in [6, 6.07) is 6.59. The van der Waals surface area contributed by atoms with Gasteiger partial charge in [0.25, 0.3) is 0 Å². The van der Waals surface area contributed by atoms with Gasteiger partial charge in [-0.1, -0.05) is 5.16 Å². The zero-order chi connectivity index (χ0) is 14.9. The Morgan fingerprint density at radius 3 is 2.95 bits per heavy atom. The van der Waals surface area contributed by atoms with Crippen molar-refractivity contribution < 1.29 is 9.26 Å². The van der Waals surface area contributed by atoms with E-state index in [2.05, 4.69) is 35.3 Å². The van der Waals surface area contributed by atoms with E-state index in [1.54, 1.807) is 0 Å². The predicted octanol–water partition coefficient (Wildman–Crippen LogP) is 4.10. The van der Waals surface area contributed by atoms with Crippen molar-refractivity contribution in [2.75, 3.05) is 13.7 Å². The third kappa shape index (κ3) is 3.26. The van der Waals surface area contributed by atoms with Crippen molar-refractivity contribution in [1.82, 2.24) is 10.1 Å². The molecule has 118 valence electrons. The van der Waals surface area contributed by atoms with Crippen LogP contribution in [0.5, 0.6) is 0 Å². The summed E-state index contributed by atoms with van der Waals surface area (Å²) in [7, 11) is 2.14. The summed E-state index contributed by atoms with van der Waals surface area (Å²) >= 11 is 1.88. The predicted molar refractivity (Wildman–Crippen MR) is 85.9 cm³/mol. The molecule has 2 fully saturated rings. The number of hydrogen-bond donors (Lipinski definition) is 0. The second kappa shape index (κ2) is 6.14. The highest BCUT2D eigenvalue weighted by Gasteiger charge is 2.28. The Kier molecular flexibility index (Phi) is 4.03. The summed E-state index contributed by atoms with van der Waals surface area (Å²) in [5.41, 5.74) is 1.04. The Labute approximate surface area is 135 Å². The van der Waals surface area contributed by atoms with Crippen LogP contribution in [0, 0.1) is 0 Å². The minimum atomic E-state index is 0.334. The molecule has 3 heterocycles. The Bertz CT molecular complexity index is 626. The lowest BCUT2D eigenvalue weighted by Crippen LogP contribution is -2.16. The summed E-state index contributed by atoms with van der Waals surface area (Å²) < 4.78 is 11.2. The summed E-state index contributed by atoms with van der Waals surface area (Å²) in [6.45, 7) is 2.69. The smallest absolute Gasteiger partial charge is 0.140 e. The fourth-order valence-corrected chi connectivity index (χ4v) is 4.19. The van der Waals surface area contributed by atoms with Crippen molar-refractivity contribution >= 4 is 11.3 Å². The van der Waals surface area contributed by atoms with Gasteiger partial charge in [0.1, 0.15) is 5.76 Å². The molecule has 0 N–H and O–H groups in total. The summed E-state index contributed by atoms with van der Waals surface area (Å²) in [4.78, 5) is 5.05. The molecule has 0 radical (unpaired) electrons. The lowest BCUT2D eigenvalue weighted by Gasteiger charge is -2.13. The van der Waals surface area contributed by atoms with Gasteiger partial charge >= 0.3 is 0 Å². The molecule has 4 nitrogen and oxygen atoms in total. The molecular formula is C17H22N2O2S. The molecule has 2 aromatic heterocycles. The summed E-state index contributed by atoms with van der Waals surface area (Å²) in [5, 5.41) is 4.19. The topological polar surface area (TPSA) is 38.5 Å². The van der Waals surface area contributed by atoms with E-state index in [9.17, 15) is 0 Å². The highest BCUT2D eigenvalue weighted by Crippen LogP contribution is 2.40. The van der Waals surface area contributed by atoms with Crippen LogP contribution in [0.25, 0.3) is 0 Å². The lowest BCUT2D eigenvalue weighted by atomic mass is 10.2. The number of ether oxygens (including phenoxy) is 1. The van der Waals surface area contributed by atoms with E-state index in [1.807, 2.05) is 11.3 Å². The van der Waals surface area contributed by atoms with E-state index in [-0.39, 0.29) is 0 Å². The SMILES string of the molecule is CN(Cc1cc(C2CC2)on1)Cc1ccc([C@H]2CCCO2)s1. The number of nitrogens with zero attached hydrogens (tertiary/aromatic N) is 2. The third-order valence-corrected chi connectivity index (χ3v) is 5.51. The standard InChI is InChI=1S/C17H22N2O2S/c1-19(10-13-9-16(21-18-13)12-4-5-12)11-14-6-7-17(22-14)15-3-2-8-20-15/h6-7,9,12,15H,2-5,8,10-11H2,1H3/t15-/m1/s1. The van der Waals surface area contributed by atoms with Crippen molar-refractivity contribution in [2.45, 2.75) is 50.8 Å². The molecule has 0 unspecified atom stereocenters. The van der Waals surface area contributed by atoms with Gasteiger partial charge < -0.3 is 9.26 Å². The van der Waals surface area contributed by atoms with Crippen LogP contribution in [0.15, 0.2) is 22.7 Å². The van der Waals surface area contributed by atoms with Gasteiger partial charge in [0, 0.05) is 41.4 Å². The van der Waals surface area contributed by atoms with E-state index < -0.39 is 0 Å². The van der Waals surface area contributed by atoms with Crippen molar-refractivity contribution in [3.8, 4) is 0 Å². The largest absolute Gasteiger partial charge is 0.373 e. The van der Waals surface area contributed by atoms with Crippen LogP contribution in [0.4, 0.5) is 0 Å². The van der Waals surface area contributed by atoms with Crippen molar-refractivity contribution in [2.24, 2.45) is 0 Å². The monoisotopic (exact) mass is 318 g/mol. The molecule has 0 spiro atoms. The van der Waals surface area contributed by atoms with E-state index in [4.69, 9.17) is 9.26 Å². The van der Waals surface area contributed by atoms with Gasteiger partial charge in [0.15, 0.2) is 0 Å². The number of hydrogen-bond acceptors (Lipinski definition) is 5. The molecule has 4 rings (SSSR count). The van der Waals surface area contributed by atoms with E-state index >= 15 is 0 Å². The first-order valence-electron chi connectivity index (χ1n) is 8.12. The summed E-state index contributed by atoms with van der Waals surface area (Å²) in [5.74, 6) is 1.71. The maximum absolute atomic E-state index is 5.76. The van der Waals surface area contributed by atoms with Gasteiger partial charge in [-0.3, -0.25) is 4.90 Å². The van der Waals surface area contributed by atoms with Gasteiger partial charge in [-0.2, -0.15) is 0 Å². The average Bonchev–Trinajstić information content (AvgIpc) is 2.95. The van der Waals surface area contributed by atoms with Gasteiger partial charge in [-0.25, -0.2) is 0 Å². The van der Waals surface area contributed by atoms with Crippen molar-refractivity contribution in [3.63, 3.8) is 0 Å². The molecule has 0 bridgehead atoms.